The number of nitrogens with zero attached hydrogens (tertiary/aromatic N) is 5. The minimum absolute atomic E-state index is 0.0175. The molecular formula is C38H38Cl2FN7O6. The van der Waals surface area contributed by atoms with E-state index in [0.717, 1.165) is 4.90 Å². The summed E-state index contributed by atoms with van der Waals surface area (Å²) in [6, 6.07) is 13.3. The van der Waals surface area contributed by atoms with Gasteiger partial charge in [-0.1, -0.05) is 59.6 Å². The van der Waals surface area contributed by atoms with E-state index in [9.17, 15) is 24.6 Å². The van der Waals surface area contributed by atoms with Gasteiger partial charge in [0.2, 0.25) is 11.8 Å². The zero-order valence-electron chi connectivity index (χ0n) is 29.7. The van der Waals surface area contributed by atoms with Crippen LogP contribution in [0.2, 0.25) is 10.0 Å². The van der Waals surface area contributed by atoms with E-state index in [1.54, 1.807) is 55.0 Å². The average Bonchev–Trinajstić information content (AvgIpc) is 3.74. The second-order valence-electron chi connectivity index (χ2n) is 14.1. The molecule has 4 N–H and O–H groups in total. The van der Waals surface area contributed by atoms with Crippen molar-refractivity contribution < 1.29 is 28.9 Å². The number of fused-ring (bicyclic) bond motifs is 1. The Bertz CT molecular complexity index is 2360. The summed E-state index contributed by atoms with van der Waals surface area (Å²) < 4.78 is 24.3. The number of hydrogen-bond donors (Lipinski definition) is 4. The van der Waals surface area contributed by atoms with Crippen LogP contribution in [-0.4, -0.2) is 77.6 Å². The molecular weight excluding hydrogens is 740 g/mol. The summed E-state index contributed by atoms with van der Waals surface area (Å²) in [7, 11) is 2.99. The molecule has 5 aromatic rings. The normalized spacial score (nSPS) is 19.5. The Labute approximate surface area is 319 Å². The van der Waals surface area contributed by atoms with Crippen LogP contribution in [0.25, 0.3) is 39.0 Å². The minimum Gasteiger partial charge on any atom is -0.481 e. The lowest BCUT2D eigenvalue weighted by Gasteiger charge is -2.41. The quantitative estimate of drug-likeness (QED) is 0.133. The van der Waals surface area contributed by atoms with Gasteiger partial charge in [0, 0.05) is 72.2 Å². The molecule has 1 saturated carbocycles. The summed E-state index contributed by atoms with van der Waals surface area (Å²) >= 11 is 14.1. The molecule has 282 valence electrons. The summed E-state index contributed by atoms with van der Waals surface area (Å²) in [5, 5.41) is 31.3. The largest absolute Gasteiger partial charge is 0.481 e. The standard InChI is InChI=1S/C38H38Cl2FN7O6/c1-38(53)14-22(15-38)42-16-31-45-48-17-20(12-30(48)36(50)46(31)2)23-6-4-7-24(33(23)39)25-8-5-9-26(34(25)40)29-13-28(41)27(35(44-29)54-3)19-47(37(51)52)18-21-10-11-32(49)43-21/h4-9,12-13,17,21-22,42,53H,10-11,14-16,18-19H2,1-3H3,(H,43,49)(H,51,52). The molecule has 1 unspecified atom stereocenters. The van der Waals surface area contributed by atoms with Crippen LogP contribution in [0.1, 0.15) is 44.0 Å². The predicted octanol–water partition coefficient (Wildman–Crippen LogP) is 5.65. The highest BCUT2D eigenvalue weighted by Gasteiger charge is 2.38. The third-order valence-corrected chi connectivity index (χ3v) is 10.9. The lowest BCUT2D eigenvalue weighted by atomic mass is 9.77. The van der Waals surface area contributed by atoms with Crippen molar-refractivity contribution in [2.75, 3.05) is 13.7 Å². The first kappa shape index (κ1) is 37.3. The van der Waals surface area contributed by atoms with E-state index in [1.807, 2.05) is 12.1 Å². The van der Waals surface area contributed by atoms with Gasteiger partial charge in [-0.2, -0.15) is 5.10 Å². The smallest absolute Gasteiger partial charge is 0.407 e. The highest BCUT2D eigenvalue weighted by Crippen LogP contribution is 2.43. The number of rotatable bonds is 11. The van der Waals surface area contributed by atoms with Gasteiger partial charge in [0.15, 0.2) is 0 Å². The van der Waals surface area contributed by atoms with E-state index in [1.165, 1.54) is 17.7 Å². The van der Waals surface area contributed by atoms with Gasteiger partial charge in [0.1, 0.15) is 17.2 Å². The second-order valence-corrected chi connectivity index (χ2v) is 14.9. The first-order valence-corrected chi connectivity index (χ1v) is 18.1. The molecule has 2 amide bonds. The SMILES string of the molecule is COc1nc(-c2cccc(-c3cccc(-c4cc5c(=O)n(C)c(CNC6CC(C)(O)C6)nn5c4)c3Cl)c2Cl)cc(F)c1CN(CC1CCC(=O)N1)C(=O)O. The van der Waals surface area contributed by atoms with Crippen molar-refractivity contribution >= 4 is 40.7 Å². The molecule has 13 nitrogen and oxygen atoms in total. The van der Waals surface area contributed by atoms with Gasteiger partial charge in [-0.3, -0.25) is 14.2 Å². The number of carbonyl (C=O) groups is 2. The number of halogens is 3. The van der Waals surface area contributed by atoms with Crippen LogP contribution >= 0.6 is 23.2 Å². The van der Waals surface area contributed by atoms with Crippen molar-refractivity contribution in [2.24, 2.45) is 7.05 Å². The molecule has 0 spiro atoms. The molecule has 2 aromatic carbocycles. The van der Waals surface area contributed by atoms with E-state index in [4.69, 9.17) is 33.0 Å². The number of ether oxygens (including phenoxy) is 1. The van der Waals surface area contributed by atoms with Crippen LogP contribution in [0, 0.1) is 5.82 Å². The molecule has 1 aliphatic carbocycles. The number of pyridine rings is 1. The first-order valence-electron chi connectivity index (χ1n) is 17.4. The number of carboxylic acid groups (broad SMARTS) is 1. The molecule has 1 saturated heterocycles. The predicted molar refractivity (Wildman–Crippen MR) is 201 cm³/mol. The summed E-state index contributed by atoms with van der Waals surface area (Å²) in [6.07, 6.45) is 2.51. The van der Waals surface area contributed by atoms with Crippen LogP contribution in [0.3, 0.4) is 0 Å². The maximum Gasteiger partial charge on any atom is 0.407 e. The van der Waals surface area contributed by atoms with Crippen molar-refractivity contribution in [1.29, 1.82) is 0 Å². The van der Waals surface area contributed by atoms with Crippen LogP contribution in [-0.2, 0) is 24.9 Å². The maximum absolute atomic E-state index is 15.8. The van der Waals surface area contributed by atoms with Gasteiger partial charge in [-0.15, -0.1) is 0 Å². The third-order valence-electron chi connectivity index (χ3n) is 10.1. The van der Waals surface area contributed by atoms with Crippen LogP contribution in [0.15, 0.2) is 59.5 Å². The topological polar surface area (TPSA) is 163 Å². The van der Waals surface area contributed by atoms with E-state index in [-0.39, 0.29) is 58.8 Å². The maximum atomic E-state index is 15.8. The van der Waals surface area contributed by atoms with Crippen LogP contribution < -0.4 is 20.9 Å². The Hall–Kier alpha value is -5.02. The molecule has 0 bridgehead atoms. The van der Waals surface area contributed by atoms with Crippen molar-refractivity contribution in [3.63, 3.8) is 0 Å². The number of hydrogen-bond acceptors (Lipinski definition) is 8. The Balaban J connectivity index is 1.18. The molecule has 7 rings (SSSR count). The lowest BCUT2D eigenvalue weighted by Crippen LogP contribution is -2.51. The van der Waals surface area contributed by atoms with Crippen LogP contribution in [0.5, 0.6) is 5.88 Å². The molecule has 1 aliphatic heterocycles. The second kappa shape index (κ2) is 14.7. The van der Waals surface area contributed by atoms with Gasteiger partial charge in [-0.25, -0.2) is 18.7 Å². The Kier molecular flexibility index (Phi) is 10.1. The fraction of sp³-hybridized carbons (Fsp3) is 0.342. The van der Waals surface area contributed by atoms with Crippen LogP contribution in [0.4, 0.5) is 9.18 Å². The fourth-order valence-corrected chi connectivity index (χ4v) is 7.87. The molecule has 2 aliphatic rings. The van der Waals surface area contributed by atoms with Gasteiger partial charge in [0.25, 0.3) is 5.56 Å². The molecule has 16 heteroatoms. The number of amides is 2. The van der Waals surface area contributed by atoms with Gasteiger partial charge in [-0.05, 0) is 32.3 Å². The summed E-state index contributed by atoms with van der Waals surface area (Å²) in [6.45, 7) is 1.79. The first-order chi connectivity index (χ1) is 25.7. The number of carbonyl (C=O) groups excluding carboxylic acids is 1. The zero-order chi connectivity index (χ0) is 38.5. The zero-order valence-corrected chi connectivity index (χ0v) is 31.2. The summed E-state index contributed by atoms with van der Waals surface area (Å²) in [4.78, 5) is 42.6. The average molecular weight is 779 g/mol. The number of methoxy groups -OCH3 is 1. The lowest BCUT2D eigenvalue weighted by molar-refractivity contribution is -0.119. The van der Waals surface area contributed by atoms with Crippen molar-refractivity contribution in [3.05, 3.63) is 92.3 Å². The molecule has 1 atom stereocenters. The molecule has 0 radical (unpaired) electrons. The van der Waals surface area contributed by atoms with Crippen molar-refractivity contribution in [2.45, 2.75) is 63.4 Å². The highest BCUT2D eigenvalue weighted by molar-refractivity contribution is 6.39. The molecule has 3 aromatic heterocycles. The third kappa shape index (κ3) is 7.26. The van der Waals surface area contributed by atoms with E-state index in [2.05, 4.69) is 15.6 Å². The monoisotopic (exact) mass is 777 g/mol. The van der Waals surface area contributed by atoms with E-state index in [0.29, 0.717) is 76.4 Å². The molecule has 4 heterocycles. The summed E-state index contributed by atoms with van der Waals surface area (Å²) in [5.41, 5.74) is 2.38. The van der Waals surface area contributed by atoms with Gasteiger partial charge >= 0.3 is 6.09 Å². The van der Waals surface area contributed by atoms with Crippen molar-refractivity contribution in [3.8, 4) is 39.4 Å². The summed E-state index contributed by atoms with van der Waals surface area (Å²) in [5.74, 6) is -0.466. The minimum atomic E-state index is -1.28. The van der Waals surface area contributed by atoms with Gasteiger partial charge in [0.05, 0.1) is 47.1 Å². The Morgan fingerprint density at radius 2 is 1.78 bits per heavy atom. The Morgan fingerprint density at radius 3 is 2.41 bits per heavy atom. The molecule has 2 fully saturated rings. The van der Waals surface area contributed by atoms with E-state index < -0.39 is 17.5 Å². The Morgan fingerprint density at radius 1 is 1.11 bits per heavy atom. The van der Waals surface area contributed by atoms with Crippen molar-refractivity contribution in [1.82, 2.24) is 34.7 Å². The van der Waals surface area contributed by atoms with Gasteiger partial charge < -0.3 is 30.5 Å². The number of nitrogens with one attached hydrogen (secondary N) is 2. The highest BCUT2D eigenvalue weighted by atomic mass is 35.5. The number of benzene rings is 2. The fourth-order valence-electron chi connectivity index (χ4n) is 7.21. The number of aliphatic hydroxyl groups is 1. The van der Waals surface area contributed by atoms with E-state index >= 15 is 4.39 Å². The molecule has 54 heavy (non-hydrogen) atoms. The number of aromatic nitrogens is 4.